The van der Waals surface area contributed by atoms with Gasteiger partial charge in [0.2, 0.25) is 10.0 Å². The lowest BCUT2D eigenvalue weighted by Gasteiger charge is -2.26. The Balaban J connectivity index is 1.46. The first kappa shape index (κ1) is 21.2. The van der Waals surface area contributed by atoms with E-state index in [4.69, 9.17) is 0 Å². The molecule has 2 aromatic rings. The van der Waals surface area contributed by atoms with Crippen molar-refractivity contribution in [3.8, 4) is 0 Å². The third-order valence-corrected chi connectivity index (χ3v) is 6.27. The number of sulfonamides is 1. The van der Waals surface area contributed by atoms with Gasteiger partial charge in [-0.05, 0) is 67.9 Å². The predicted molar refractivity (Wildman–Crippen MR) is 112 cm³/mol. The number of pyridine rings is 1. The minimum atomic E-state index is -3.56. The molecule has 0 radical (unpaired) electrons. The van der Waals surface area contributed by atoms with Gasteiger partial charge in [-0.1, -0.05) is 6.42 Å². The number of piperidine rings is 1. The summed E-state index contributed by atoms with van der Waals surface area (Å²) in [5.41, 5.74) is 1.46. The highest BCUT2D eigenvalue weighted by Crippen LogP contribution is 2.14. The maximum absolute atomic E-state index is 12.4. The van der Waals surface area contributed by atoms with Crippen molar-refractivity contribution in [2.75, 3.05) is 31.5 Å². The van der Waals surface area contributed by atoms with E-state index < -0.39 is 10.0 Å². The zero-order valence-electron chi connectivity index (χ0n) is 16.3. The van der Waals surface area contributed by atoms with E-state index in [1.54, 1.807) is 24.5 Å². The molecule has 1 aromatic heterocycles. The normalized spacial score (nSPS) is 15.0. The Bertz CT molecular complexity index is 882. The second-order valence-corrected chi connectivity index (χ2v) is 8.75. The van der Waals surface area contributed by atoms with Crippen molar-refractivity contribution < 1.29 is 13.2 Å². The Labute approximate surface area is 171 Å². The summed E-state index contributed by atoms with van der Waals surface area (Å²) < 4.78 is 27.5. The zero-order chi connectivity index (χ0) is 20.5. The molecule has 29 heavy (non-hydrogen) atoms. The van der Waals surface area contributed by atoms with Crippen LogP contribution in [0.5, 0.6) is 0 Å². The predicted octanol–water partition coefficient (Wildman–Crippen LogP) is 2.17. The summed E-state index contributed by atoms with van der Waals surface area (Å²) in [5, 5.41) is 5.43. The summed E-state index contributed by atoms with van der Waals surface area (Å²) in [7, 11) is -3.56. The molecule has 1 saturated heterocycles. The third kappa shape index (κ3) is 6.81. The van der Waals surface area contributed by atoms with Gasteiger partial charge < -0.3 is 15.5 Å². The van der Waals surface area contributed by atoms with Crippen LogP contribution in [0.4, 0.5) is 10.5 Å². The van der Waals surface area contributed by atoms with Gasteiger partial charge in [0, 0.05) is 37.7 Å². The van der Waals surface area contributed by atoms with E-state index in [9.17, 15) is 13.2 Å². The molecule has 0 bridgehead atoms. The van der Waals surface area contributed by atoms with Crippen LogP contribution in [-0.4, -0.2) is 50.5 Å². The second kappa shape index (κ2) is 10.3. The standard InChI is InChI=1S/C20H27N5O3S/c26-20(22-16-17-8-10-21-11-9-17)24-18-4-6-19(7-5-18)29(27,28)23-12-15-25-13-2-1-3-14-25/h4-11,23H,1-3,12-16H2,(H2,22,24,26). The number of hydrogen-bond donors (Lipinski definition) is 3. The summed E-state index contributed by atoms with van der Waals surface area (Å²) in [5.74, 6) is 0. The van der Waals surface area contributed by atoms with Crippen LogP contribution in [0, 0.1) is 0 Å². The van der Waals surface area contributed by atoms with Gasteiger partial charge in [-0.25, -0.2) is 17.9 Å². The molecule has 3 N–H and O–H groups in total. The lowest BCUT2D eigenvalue weighted by atomic mass is 10.1. The Morgan fingerprint density at radius 2 is 1.69 bits per heavy atom. The van der Waals surface area contributed by atoms with Gasteiger partial charge >= 0.3 is 6.03 Å². The van der Waals surface area contributed by atoms with Crippen molar-refractivity contribution in [3.63, 3.8) is 0 Å². The Kier molecular flexibility index (Phi) is 7.56. The first-order chi connectivity index (χ1) is 14.0. The topological polar surface area (TPSA) is 103 Å². The van der Waals surface area contributed by atoms with Crippen molar-refractivity contribution in [2.45, 2.75) is 30.7 Å². The van der Waals surface area contributed by atoms with Gasteiger partial charge in [0.1, 0.15) is 0 Å². The molecule has 0 atom stereocenters. The summed E-state index contributed by atoms with van der Waals surface area (Å²) in [4.78, 5) is 18.4. The third-order valence-electron chi connectivity index (χ3n) is 4.79. The second-order valence-electron chi connectivity index (χ2n) is 6.99. The molecule has 0 saturated carbocycles. The van der Waals surface area contributed by atoms with E-state index in [0.29, 0.717) is 18.8 Å². The van der Waals surface area contributed by atoms with Gasteiger partial charge in [-0.3, -0.25) is 4.98 Å². The van der Waals surface area contributed by atoms with Crippen LogP contribution < -0.4 is 15.4 Å². The molecule has 0 spiro atoms. The number of rotatable bonds is 8. The molecule has 9 heteroatoms. The highest BCUT2D eigenvalue weighted by Gasteiger charge is 2.15. The van der Waals surface area contributed by atoms with E-state index in [1.165, 1.54) is 31.4 Å². The molecule has 1 aromatic carbocycles. The van der Waals surface area contributed by atoms with Crippen LogP contribution in [0.15, 0.2) is 53.7 Å². The lowest BCUT2D eigenvalue weighted by molar-refractivity contribution is 0.233. The van der Waals surface area contributed by atoms with Gasteiger partial charge in [0.25, 0.3) is 0 Å². The number of carbonyl (C=O) groups is 1. The largest absolute Gasteiger partial charge is 0.334 e. The van der Waals surface area contributed by atoms with Crippen molar-refractivity contribution in [2.24, 2.45) is 0 Å². The average Bonchev–Trinajstić information content (AvgIpc) is 2.74. The molecule has 1 fully saturated rings. The lowest BCUT2D eigenvalue weighted by Crippen LogP contribution is -2.37. The fourth-order valence-corrected chi connectivity index (χ4v) is 4.20. The monoisotopic (exact) mass is 417 g/mol. The Hall–Kier alpha value is -2.49. The Morgan fingerprint density at radius 1 is 1.00 bits per heavy atom. The van der Waals surface area contributed by atoms with Gasteiger partial charge in [-0.2, -0.15) is 0 Å². The molecule has 0 aliphatic carbocycles. The summed E-state index contributed by atoms with van der Waals surface area (Å²) in [6.45, 7) is 3.55. The summed E-state index contributed by atoms with van der Waals surface area (Å²) >= 11 is 0. The molecule has 1 aliphatic heterocycles. The average molecular weight is 418 g/mol. The van der Waals surface area contributed by atoms with Crippen molar-refractivity contribution in [1.29, 1.82) is 0 Å². The number of aromatic nitrogens is 1. The summed E-state index contributed by atoms with van der Waals surface area (Å²) in [6, 6.07) is 9.40. The molecule has 2 heterocycles. The number of benzene rings is 1. The van der Waals surface area contributed by atoms with Gasteiger partial charge in [-0.15, -0.1) is 0 Å². The van der Waals surface area contributed by atoms with Gasteiger partial charge in [0.05, 0.1) is 4.90 Å². The SMILES string of the molecule is O=C(NCc1ccncc1)Nc1ccc(S(=O)(=O)NCCN2CCCCC2)cc1. The molecule has 8 nitrogen and oxygen atoms in total. The summed E-state index contributed by atoms with van der Waals surface area (Å²) in [6.07, 6.45) is 6.93. The first-order valence-electron chi connectivity index (χ1n) is 9.79. The first-order valence-corrected chi connectivity index (χ1v) is 11.3. The smallest absolute Gasteiger partial charge is 0.319 e. The molecule has 0 unspecified atom stereocenters. The van der Waals surface area contributed by atoms with Crippen LogP contribution in [0.3, 0.4) is 0 Å². The Morgan fingerprint density at radius 3 is 2.38 bits per heavy atom. The van der Waals surface area contributed by atoms with Crippen LogP contribution in [0.25, 0.3) is 0 Å². The van der Waals surface area contributed by atoms with E-state index in [2.05, 4.69) is 25.2 Å². The number of likely N-dealkylation sites (tertiary alicyclic amines) is 1. The number of hydrogen-bond acceptors (Lipinski definition) is 5. The van der Waals surface area contributed by atoms with Gasteiger partial charge in [0.15, 0.2) is 0 Å². The molecular weight excluding hydrogens is 390 g/mol. The molecule has 156 valence electrons. The molecular formula is C20H27N5O3S. The highest BCUT2D eigenvalue weighted by molar-refractivity contribution is 7.89. The minimum absolute atomic E-state index is 0.180. The molecule has 2 amide bonds. The number of anilines is 1. The molecule has 3 rings (SSSR count). The van der Waals surface area contributed by atoms with Crippen LogP contribution in [0.1, 0.15) is 24.8 Å². The molecule has 1 aliphatic rings. The van der Waals surface area contributed by atoms with Crippen molar-refractivity contribution in [1.82, 2.24) is 19.9 Å². The van der Waals surface area contributed by atoms with Crippen molar-refractivity contribution >= 4 is 21.7 Å². The van der Waals surface area contributed by atoms with Crippen molar-refractivity contribution in [3.05, 3.63) is 54.4 Å². The maximum atomic E-state index is 12.4. The number of amides is 2. The fraction of sp³-hybridized carbons (Fsp3) is 0.400. The van der Waals surface area contributed by atoms with E-state index in [1.807, 2.05) is 12.1 Å². The number of nitrogens with one attached hydrogen (secondary N) is 3. The van der Waals surface area contributed by atoms with Crippen LogP contribution in [-0.2, 0) is 16.6 Å². The number of urea groups is 1. The van der Waals surface area contributed by atoms with E-state index in [-0.39, 0.29) is 10.9 Å². The zero-order valence-corrected chi connectivity index (χ0v) is 17.1. The van der Waals surface area contributed by atoms with E-state index >= 15 is 0 Å². The number of nitrogens with zero attached hydrogens (tertiary/aromatic N) is 2. The maximum Gasteiger partial charge on any atom is 0.319 e. The highest BCUT2D eigenvalue weighted by atomic mass is 32.2. The van der Waals surface area contributed by atoms with Crippen LogP contribution >= 0.6 is 0 Å². The fourth-order valence-electron chi connectivity index (χ4n) is 3.18. The van der Waals surface area contributed by atoms with Crippen LogP contribution in [0.2, 0.25) is 0 Å². The minimum Gasteiger partial charge on any atom is -0.334 e. The van der Waals surface area contributed by atoms with E-state index in [0.717, 1.165) is 25.2 Å². The number of carbonyl (C=O) groups excluding carboxylic acids is 1. The quantitative estimate of drug-likeness (QED) is 0.611.